The van der Waals surface area contributed by atoms with Gasteiger partial charge >= 0.3 is 0 Å². The second-order valence-electron chi connectivity index (χ2n) is 8.38. The molecule has 3 aromatic heterocycles. The summed E-state index contributed by atoms with van der Waals surface area (Å²) >= 11 is 0. The van der Waals surface area contributed by atoms with Crippen molar-refractivity contribution in [2.24, 2.45) is 0 Å². The van der Waals surface area contributed by atoms with Crippen LogP contribution in [0.3, 0.4) is 0 Å². The van der Waals surface area contributed by atoms with Crippen molar-refractivity contribution in [2.75, 3.05) is 6.54 Å². The number of imide groups is 1. The Balaban J connectivity index is 1.18. The highest BCUT2D eigenvalue weighted by atomic mass is 19.1. The molecule has 0 bridgehead atoms. The topological polar surface area (TPSA) is 125 Å². The number of benzene rings is 2. The molecule has 2 aliphatic heterocycles. The van der Waals surface area contributed by atoms with Gasteiger partial charge in [0.1, 0.15) is 24.2 Å². The summed E-state index contributed by atoms with van der Waals surface area (Å²) in [6.07, 6.45) is 3.23. The minimum Gasteiger partial charge on any atom is -0.339 e. The summed E-state index contributed by atoms with van der Waals surface area (Å²) in [6.45, 7) is 0.413. The van der Waals surface area contributed by atoms with Crippen LogP contribution in [0, 0.1) is 5.82 Å². The van der Waals surface area contributed by atoms with Crippen LogP contribution >= 0.6 is 0 Å². The van der Waals surface area contributed by atoms with Gasteiger partial charge in [0.05, 0.1) is 29.1 Å². The van der Waals surface area contributed by atoms with E-state index in [9.17, 15) is 14.0 Å². The molecule has 0 N–H and O–H groups in total. The maximum absolute atomic E-state index is 14.0. The normalized spacial score (nSPS) is 13.9. The molecule has 0 atom stereocenters. The zero-order valence-corrected chi connectivity index (χ0v) is 18.5. The summed E-state index contributed by atoms with van der Waals surface area (Å²) in [4.78, 5) is 39.6. The van der Waals surface area contributed by atoms with E-state index in [0.29, 0.717) is 40.4 Å². The van der Waals surface area contributed by atoms with Gasteiger partial charge < -0.3 is 4.52 Å². The molecule has 0 fully saturated rings. The van der Waals surface area contributed by atoms with Gasteiger partial charge in [-0.1, -0.05) is 17.3 Å². The number of aromatic nitrogens is 7. The van der Waals surface area contributed by atoms with Crippen LogP contribution in [-0.2, 0) is 13.0 Å². The van der Waals surface area contributed by atoms with Crippen molar-refractivity contribution in [1.82, 2.24) is 39.4 Å². The summed E-state index contributed by atoms with van der Waals surface area (Å²) in [5.41, 5.74) is 3.27. The summed E-state index contributed by atoms with van der Waals surface area (Å²) in [6, 6.07) is 11.2. The molecule has 2 aliphatic rings. The molecule has 7 rings (SSSR count). The van der Waals surface area contributed by atoms with E-state index in [2.05, 4.69) is 25.2 Å². The molecular formula is C24H15FN8O3. The fraction of sp³-hybridized carbons (Fsp3) is 0.125. The molecule has 11 nitrogen and oxygen atoms in total. The summed E-state index contributed by atoms with van der Waals surface area (Å²) in [5, 5.41) is 8.36. The fourth-order valence-electron chi connectivity index (χ4n) is 4.65. The first-order valence-electron chi connectivity index (χ1n) is 11.1. The molecule has 2 aromatic carbocycles. The standard InChI is InChI=1S/C24H15FN8O3/c25-13-5-6-17-16(9-13)22-26-11-28-33(22)10-18-20(27-12-32(17)18)21-29-19(36-30-21)7-8-31-23(34)14-3-1-2-4-15(14)24(31)35/h1-6,9,11-12H,7-8,10H2. The summed E-state index contributed by atoms with van der Waals surface area (Å²) in [5.74, 6) is -0.00182. The number of imidazole rings is 1. The van der Waals surface area contributed by atoms with Gasteiger partial charge in [-0.25, -0.2) is 19.0 Å². The Morgan fingerprint density at radius 1 is 1.00 bits per heavy atom. The van der Waals surface area contributed by atoms with Crippen LogP contribution in [0.1, 0.15) is 32.3 Å². The number of nitrogens with zero attached hydrogens (tertiary/aromatic N) is 8. The van der Waals surface area contributed by atoms with Crippen molar-refractivity contribution in [2.45, 2.75) is 13.0 Å². The first-order chi connectivity index (χ1) is 17.6. The van der Waals surface area contributed by atoms with Gasteiger partial charge in [-0.15, -0.1) is 0 Å². The largest absolute Gasteiger partial charge is 0.339 e. The Hall–Kier alpha value is -5.00. The van der Waals surface area contributed by atoms with E-state index < -0.39 is 0 Å². The van der Waals surface area contributed by atoms with E-state index in [1.807, 2.05) is 4.57 Å². The highest BCUT2D eigenvalue weighted by molar-refractivity contribution is 6.21. The minimum atomic E-state index is -0.382. The summed E-state index contributed by atoms with van der Waals surface area (Å²) < 4.78 is 22.9. The zero-order chi connectivity index (χ0) is 24.4. The van der Waals surface area contributed by atoms with Crippen molar-refractivity contribution in [3.63, 3.8) is 0 Å². The molecule has 5 aromatic rings. The maximum atomic E-state index is 14.0. The molecule has 2 amide bonds. The number of carbonyl (C=O) groups excluding carboxylic acids is 2. The third-order valence-electron chi connectivity index (χ3n) is 6.35. The minimum absolute atomic E-state index is 0.108. The first kappa shape index (κ1) is 20.4. The molecule has 0 saturated carbocycles. The van der Waals surface area contributed by atoms with Crippen molar-refractivity contribution >= 4 is 11.8 Å². The summed E-state index contributed by atoms with van der Waals surface area (Å²) in [7, 11) is 0. The number of halogens is 1. The Morgan fingerprint density at radius 3 is 2.61 bits per heavy atom. The van der Waals surface area contributed by atoms with Crippen LogP contribution in [0.25, 0.3) is 28.6 Å². The van der Waals surface area contributed by atoms with Gasteiger partial charge in [-0.2, -0.15) is 10.1 Å². The monoisotopic (exact) mass is 482 g/mol. The highest BCUT2D eigenvalue weighted by Gasteiger charge is 2.35. The molecule has 5 heterocycles. The number of fused-ring (bicyclic) bond motifs is 6. The lowest BCUT2D eigenvalue weighted by Gasteiger charge is -2.11. The predicted molar refractivity (Wildman–Crippen MR) is 120 cm³/mol. The van der Waals surface area contributed by atoms with Crippen LogP contribution in [0.2, 0.25) is 0 Å². The van der Waals surface area contributed by atoms with Crippen LogP contribution in [0.4, 0.5) is 4.39 Å². The molecule has 0 radical (unpaired) electrons. The van der Waals surface area contributed by atoms with Gasteiger partial charge in [0.2, 0.25) is 11.7 Å². The number of amides is 2. The average Bonchev–Trinajstić information content (AvgIpc) is 3.66. The van der Waals surface area contributed by atoms with Crippen LogP contribution in [0.15, 0.2) is 59.6 Å². The third kappa shape index (κ3) is 2.94. The predicted octanol–water partition coefficient (Wildman–Crippen LogP) is 2.52. The van der Waals surface area contributed by atoms with Crippen molar-refractivity contribution < 1.29 is 18.5 Å². The van der Waals surface area contributed by atoms with Crippen molar-refractivity contribution in [3.8, 4) is 28.6 Å². The number of hydrogen-bond donors (Lipinski definition) is 0. The van der Waals surface area contributed by atoms with E-state index in [4.69, 9.17) is 4.52 Å². The Labute approximate surface area is 201 Å². The second-order valence-corrected chi connectivity index (χ2v) is 8.38. The third-order valence-corrected chi connectivity index (χ3v) is 6.35. The van der Waals surface area contributed by atoms with Crippen LogP contribution in [-0.4, -0.2) is 57.7 Å². The van der Waals surface area contributed by atoms with Gasteiger partial charge in [0, 0.05) is 18.5 Å². The fourth-order valence-corrected chi connectivity index (χ4v) is 4.65. The van der Waals surface area contributed by atoms with Crippen LogP contribution < -0.4 is 0 Å². The lowest BCUT2D eigenvalue weighted by Crippen LogP contribution is -2.31. The molecule has 36 heavy (non-hydrogen) atoms. The smallest absolute Gasteiger partial charge is 0.261 e. The molecule has 12 heteroatoms. The maximum Gasteiger partial charge on any atom is 0.261 e. The first-order valence-corrected chi connectivity index (χ1v) is 11.1. The van der Waals surface area contributed by atoms with Gasteiger partial charge in [0.25, 0.3) is 11.8 Å². The van der Waals surface area contributed by atoms with Gasteiger partial charge in [-0.05, 0) is 30.3 Å². The number of carbonyl (C=O) groups is 2. The lowest BCUT2D eigenvalue weighted by molar-refractivity contribution is 0.0653. The molecule has 176 valence electrons. The molecular weight excluding hydrogens is 467 g/mol. The Kier molecular flexibility index (Phi) is 4.25. The van der Waals surface area contributed by atoms with Gasteiger partial charge in [0.15, 0.2) is 5.82 Å². The zero-order valence-electron chi connectivity index (χ0n) is 18.5. The number of rotatable bonds is 4. The van der Waals surface area contributed by atoms with Gasteiger partial charge in [-0.3, -0.25) is 19.1 Å². The van der Waals surface area contributed by atoms with E-state index in [0.717, 1.165) is 5.69 Å². The SMILES string of the molecule is O=C1c2ccccc2C(=O)N1CCc1nc(-c2ncn3c2Cn2ncnc2-c2cc(F)ccc2-3)no1. The van der Waals surface area contributed by atoms with Crippen molar-refractivity contribution in [3.05, 3.63) is 83.6 Å². The molecule has 0 spiro atoms. The van der Waals surface area contributed by atoms with Crippen LogP contribution in [0.5, 0.6) is 0 Å². The highest BCUT2D eigenvalue weighted by Crippen LogP contribution is 2.33. The molecule has 0 saturated heterocycles. The molecule has 0 aliphatic carbocycles. The van der Waals surface area contributed by atoms with E-state index in [1.165, 1.54) is 23.4 Å². The Morgan fingerprint density at radius 2 is 1.81 bits per heavy atom. The second kappa shape index (κ2) is 7.50. The average molecular weight is 482 g/mol. The number of hydrogen-bond acceptors (Lipinski definition) is 8. The lowest BCUT2D eigenvalue weighted by atomic mass is 10.1. The van der Waals surface area contributed by atoms with E-state index >= 15 is 0 Å². The molecule has 0 unspecified atom stereocenters. The van der Waals surface area contributed by atoms with E-state index in [1.54, 1.807) is 41.3 Å². The van der Waals surface area contributed by atoms with Crippen molar-refractivity contribution in [1.29, 1.82) is 0 Å². The Bertz CT molecular complexity index is 1670. The quantitative estimate of drug-likeness (QED) is 0.351. The van der Waals surface area contributed by atoms with E-state index in [-0.39, 0.29) is 42.3 Å².